The Kier molecular flexibility index (Phi) is 6.56. The molecule has 0 spiro atoms. The van der Waals surface area contributed by atoms with Gasteiger partial charge in [0.1, 0.15) is 10.9 Å². The maximum absolute atomic E-state index is 12.7. The van der Waals surface area contributed by atoms with Crippen LogP contribution in [0.5, 0.6) is 0 Å². The average Bonchev–Trinajstić information content (AvgIpc) is 2.97. The van der Waals surface area contributed by atoms with E-state index in [0.717, 1.165) is 19.3 Å². The van der Waals surface area contributed by atoms with Gasteiger partial charge in [-0.2, -0.15) is 8.42 Å². The van der Waals surface area contributed by atoms with Gasteiger partial charge in [-0.05, 0) is 43.7 Å². The van der Waals surface area contributed by atoms with Gasteiger partial charge in [0, 0.05) is 18.7 Å². The summed E-state index contributed by atoms with van der Waals surface area (Å²) in [6.45, 7) is 4.82. The second kappa shape index (κ2) is 8.94. The van der Waals surface area contributed by atoms with Crippen molar-refractivity contribution in [2.75, 3.05) is 19.7 Å². The summed E-state index contributed by atoms with van der Waals surface area (Å²) in [4.78, 5) is 26.4. The molecule has 1 aromatic rings. The molecule has 1 aromatic carbocycles. The number of piperidine rings is 1. The molecular formula is C20H27N3O5S. The summed E-state index contributed by atoms with van der Waals surface area (Å²) in [6.07, 6.45) is 3.01. The monoisotopic (exact) mass is 421 g/mol. The lowest BCUT2D eigenvalue weighted by atomic mass is 10.0. The molecule has 0 unspecified atom stereocenters. The van der Waals surface area contributed by atoms with Gasteiger partial charge in [-0.15, -0.1) is 4.40 Å². The number of hydrogen-bond acceptors (Lipinski definition) is 6. The van der Waals surface area contributed by atoms with Crippen LogP contribution in [0.4, 0.5) is 0 Å². The van der Waals surface area contributed by atoms with Gasteiger partial charge in [-0.1, -0.05) is 26.0 Å². The van der Waals surface area contributed by atoms with Crippen molar-refractivity contribution in [1.82, 2.24) is 10.2 Å². The number of amidine groups is 1. The van der Waals surface area contributed by atoms with Crippen molar-refractivity contribution < 1.29 is 22.7 Å². The molecule has 0 saturated carbocycles. The zero-order valence-electron chi connectivity index (χ0n) is 16.8. The normalized spacial score (nSPS) is 20.2. The van der Waals surface area contributed by atoms with Gasteiger partial charge in [0.15, 0.2) is 12.4 Å². The Labute approximate surface area is 171 Å². The van der Waals surface area contributed by atoms with Crippen LogP contribution >= 0.6 is 0 Å². The quantitative estimate of drug-likeness (QED) is 0.701. The topological polar surface area (TPSA) is 105 Å². The number of rotatable bonds is 6. The minimum atomic E-state index is -3.77. The van der Waals surface area contributed by atoms with Crippen LogP contribution in [0.15, 0.2) is 33.6 Å². The molecule has 9 heteroatoms. The van der Waals surface area contributed by atoms with E-state index in [4.69, 9.17) is 4.74 Å². The van der Waals surface area contributed by atoms with Crippen molar-refractivity contribution in [2.24, 2.45) is 10.3 Å². The molecule has 2 aliphatic rings. The van der Waals surface area contributed by atoms with Gasteiger partial charge in [-0.3, -0.25) is 4.79 Å². The first-order chi connectivity index (χ1) is 13.8. The highest BCUT2D eigenvalue weighted by molar-refractivity contribution is 7.90. The maximum Gasteiger partial charge on any atom is 0.329 e. The molecule has 1 atom stereocenters. The maximum atomic E-state index is 12.7. The molecule has 1 fully saturated rings. The molecular weight excluding hydrogens is 394 g/mol. The van der Waals surface area contributed by atoms with E-state index in [2.05, 4.69) is 23.6 Å². The number of carbonyl (C=O) groups excluding carboxylic acids is 2. The van der Waals surface area contributed by atoms with E-state index in [0.29, 0.717) is 31.0 Å². The van der Waals surface area contributed by atoms with Gasteiger partial charge in [-0.25, -0.2) is 4.79 Å². The number of amides is 1. The fourth-order valence-electron chi connectivity index (χ4n) is 3.51. The summed E-state index contributed by atoms with van der Waals surface area (Å²) < 4.78 is 33.9. The molecule has 1 amide bonds. The van der Waals surface area contributed by atoms with E-state index in [1.165, 1.54) is 6.07 Å². The summed E-state index contributed by atoms with van der Waals surface area (Å²) in [6, 6.07) is 5.94. The molecule has 3 rings (SSSR count). The summed E-state index contributed by atoms with van der Waals surface area (Å²) in [5.74, 6) is -0.121. The van der Waals surface area contributed by atoms with Crippen LogP contribution in [0.1, 0.15) is 45.1 Å². The number of fused-ring (bicyclic) bond motifs is 1. The van der Waals surface area contributed by atoms with E-state index in [-0.39, 0.29) is 23.2 Å². The number of sulfonamides is 1. The molecule has 1 saturated heterocycles. The predicted molar refractivity (Wildman–Crippen MR) is 108 cm³/mol. The Hall–Kier alpha value is -2.42. The van der Waals surface area contributed by atoms with Crippen LogP contribution in [0.3, 0.4) is 0 Å². The number of nitrogens with zero attached hydrogens (tertiary/aromatic N) is 2. The highest BCUT2D eigenvalue weighted by Gasteiger charge is 2.38. The van der Waals surface area contributed by atoms with Crippen molar-refractivity contribution in [1.29, 1.82) is 0 Å². The van der Waals surface area contributed by atoms with E-state index >= 15 is 0 Å². The largest absolute Gasteiger partial charge is 0.454 e. The number of esters is 1. The first-order valence-corrected chi connectivity index (χ1v) is 11.4. The summed E-state index contributed by atoms with van der Waals surface area (Å²) in [7, 11) is -3.77. The lowest BCUT2D eigenvalue weighted by Crippen LogP contribution is -2.49. The number of likely N-dealkylation sites (tertiary alicyclic amines) is 1. The fraction of sp³-hybridized carbons (Fsp3) is 0.550. The Morgan fingerprint density at radius 1 is 1.28 bits per heavy atom. The van der Waals surface area contributed by atoms with Crippen molar-refractivity contribution in [2.45, 2.75) is 50.5 Å². The molecule has 0 radical (unpaired) electrons. The van der Waals surface area contributed by atoms with E-state index in [1.807, 2.05) is 0 Å². The molecule has 2 aliphatic heterocycles. The zero-order valence-corrected chi connectivity index (χ0v) is 17.6. The van der Waals surface area contributed by atoms with Gasteiger partial charge >= 0.3 is 5.97 Å². The molecule has 0 aromatic heterocycles. The second-order valence-corrected chi connectivity index (χ2v) is 9.30. The van der Waals surface area contributed by atoms with E-state index < -0.39 is 22.0 Å². The third-order valence-corrected chi connectivity index (χ3v) is 6.37. The first kappa shape index (κ1) is 21.3. The van der Waals surface area contributed by atoms with Gasteiger partial charge in [0.25, 0.3) is 15.9 Å². The number of hydrogen-bond donors (Lipinski definition) is 1. The Bertz CT molecular complexity index is 910. The lowest BCUT2D eigenvalue weighted by Gasteiger charge is -2.35. The first-order valence-electron chi connectivity index (χ1n) is 9.94. The van der Waals surface area contributed by atoms with Gasteiger partial charge in [0.2, 0.25) is 0 Å². The van der Waals surface area contributed by atoms with E-state index in [1.54, 1.807) is 23.1 Å². The number of ether oxygens (including phenoxy) is 1. The van der Waals surface area contributed by atoms with Gasteiger partial charge < -0.3 is 15.0 Å². The molecule has 0 aliphatic carbocycles. The van der Waals surface area contributed by atoms with E-state index in [9.17, 15) is 18.0 Å². The smallest absolute Gasteiger partial charge is 0.329 e. The van der Waals surface area contributed by atoms with Crippen LogP contribution in [-0.2, 0) is 24.3 Å². The number of nitrogens with one attached hydrogen (secondary N) is 1. The number of benzene rings is 1. The van der Waals surface area contributed by atoms with Crippen molar-refractivity contribution in [3.8, 4) is 0 Å². The van der Waals surface area contributed by atoms with Gasteiger partial charge in [0.05, 0.1) is 0 Å². The van der Waals surface area contributed by atoms with Crippen molar-refractivity contribution in [3.05, 3.63) is 29.8 Å². The minimum Gasteiger partial charge on any atom is -0.454 e. The highest BCUT2D eigenvalue weighted by atomic mass is 32.2. The standard InChI is InChI=1S/C20H27N3O5S/c1-14(2)10-11-21-18(24)13-28-20(25)16-8-5-6-12-23(16)19-15-7-3-4-9-17(15)29(26,27)22-19/h3-4,7,9,14,16H,5-6,8,10-13H2,1-2H3,(H,21,24)/t16-/m1/s1. The van der Waals surface area contributed by atoms with Crippen LogP contribution in [0, 0.1) is 5.92 Å². The highest BCUT2D eigenvalue weighted by Crippen LogP contribution is 2.30. The average molecular weight is 422 g/mol. The second-order valence-electron chi connectivity index (χ2n) is 7.73. The third kappa shape index (κ3) is 4.95. The lowest BCUT2D eigenvalue weighted by molar-refractivity contribution is -0.153. The number of carbonyl (C=O) groups is 2. The Balaban J connectivity index is 1.68. The summed E-state index contributed by atoms with van der Waals surface area (Å²) in [5.41, 5.74) is 0.499. The Morgan fingerprint density at radius 2 is 2.03 bits per heavy atom. The van der Waals surface area contributed by atoms with Crippen LogP contribution < -0.4 is 5.32 Å². The van der Waals surface area contributed by atoms with Crippen LogP contribution in [0.2, 0.25) is 0 Å². The predicted octanol–water partition coefficient (Wildman–Crippen LogP) is 1.70. The van der Waals surface area contributed by atoms with Crippen LogP contribution in [0.25, 0.3) is 0 Å². The Morgan fingerprint density at radius 3 is 2.79 bits per heavy atom. The molecule has 8 nitrogen and oxygen atoms in total. The molecule has 1 N–H and O–H groups in total. The SMILES string of the molecule is CC(C)CCNC(=O)COC(=O)[C@H]1CCCCN1C1=NS(=O)(=O)c2ccccc21. The van der Waals surface area contributed by atoms with Crippen molar-refractivity contribution in [3.63, 3.8) is 0 Å². The molecule has 0 bridgehead atoms. The molecule has 158 valence electrons. The summed E-state index contributed by atoms with van der Waals surface area (Å²) in [5, 5.41) is 2.73. The molecule has 2 heterocycles. The van der Waals surface area contributed by atoms with Crippen LogP contribution in [-0.4, -0.2) is 56.8 Å². The summed E-state index contributed by atoms with van der Waals surface area (Å²) >= 11 is 0. The fourth-order valence-corrected chi connectivity index (χ4v) is 4.73. The third-order valence-electron chi connectivity index (χ3n) is 5.05. The zero-order chi connectivity index (χ0) is 21.0. The van der Waals surface area contributed by atoms with Crippen molar-refractivity contribution >= 4 is 27.7 Å². The molecule has 29 heavy (non-hydrogen) atoms. The minimum absolute atomic E-state index is 0.150.